The number of aliphatic carboxylic acids is 1. The van der Waals surface area contributed by atoms with Gasteiger partial charge in [-0.05, 0) is 85.4 Å². The van der Waals surface area contributed by atoms with Gasteiger partial charge in [0.15, 0.2) is 6.29 Å². The first-order chi connectivity index (χ1) is 17.3. The van der Waals surface area contributed by atoms with Crippen LogP contribution < -0.4 is 0 Å². The number of fused-ring (bicyclic) bond motifs is 4. The van der Waals surface area contributed by atoms with Gasteiger partial charge in [0.05, 0.1) is 37.6 Å². The Hall–Kier alpha value is -1.51. The zero-order valence-corrected chi connectivity index (χ0v) is 21.4. The van der Waals surface area contributed by atoms with E-state index in [0.29, 0.717) is 54.6 Å². The van der Waals surface area contributed by atoms with Gasteiger partial charge in [-0.15, -0.1) is 0 Å². The highest BCUT2D eigenvalue weighted by Gasteiger charge is 2.65. The maximum absolute atomic E-state index is 12.9. The van der Waals surface area contributed by atoms with Crippen LogP contribution in [0.25, 0.3) is 0 Å². The fourth-order valence-electron chi connectivity index (χ4n) is 9.74. The second kappa shape index (κ2) is 16.0. The number of ether oxygens (including phenoxy) is 4. The molecule has 6 rings (SSSR count). The molecule has 1 N–H and O–H groups in total. The maximum Gasteiger partial charge on any atom is 0.317 e. The SMILES string of the molecule is C.C.C.C.C.C.CC1C(=O)OC(=O)C1C1C2CC(COCCC3OCCCO3)C(C2)C1C1C2CC(C(=O)O)C(C2)C1C. The van der Waals surface area contributed by atoms with Crippen LogP contribution in [0.5, 0.6) is 0 Å². The molecule has 248 valence electrons. The van der Waals surface area contributed by atoms with E-state index in [9.17, 15) is 19.5 Å². The van der Waals surface area contributed by atoms with Crippen LogP contribution in [-0.2, 0) is 33.3 Å². The lowest BCUT2D eigenvalue weighted by Crippen LogP contribution is -2.45. The molecule has 42 heavy (non-hydrogen) atoms. The number of rotatable bonds is 8. The topological polar surface area (TPSA) is 108 Å². The molecule has 12 unspecified atom stereocenters. The average Bonchev–Trinajstić information content (AvgIpc) is 3.65. The lowest BCUT2D eigenvalue weighted by Gasteiger charge is -2.46. The van der Waals surface area contributed by atoms with Crippen molar-refractivity contribution in [1.82, 2.24) is 0 Å². The van der Waals surface area contributed by atoms with Crippen LogP contribution in [0.3, 0.4) is 0 Å². The summed E-state index contributed by atoms with van der Waals surface area (Å²) in [6.07, 6.45) is 5.35. The highest BCUT2D eigenvalue weighted by molar-refractivity contribution is 5.96. The van der Waals surface area contributed by atoms with Gasteiger partial charge in [-0.25, -0.2) is 0 Å². The molecule has 2 heterocycles. The number of carbonyl (C=O) groups is 3. The van der Waals surface area contributed by atoms with Crippen LogP contribution in [-0.4, -0.2) is 55.7 Å². The van der Waals surface area contributed by atoms with E-state index >= 15 is 0 Å². The Balaban J connectivity index is 0.00000280. The summed E-state index contributed by atoms with van der Waals surface area (Å²) in [6.45, 7) is 6.89. The lowest BCUT2D eigenvalue weighted by atomic mass is 9.57. The van der Waals surface area contributed by atoms with E-state index in [4.69, 9.17) is 18.9 Å². The fourth-order valence-corrected chi connectivity index (χ4v) is 9.74. The maximum atomic E-state index is 12.9. The molecule has 0 spiro atoms. The molecule has 6 fully saturated rings. The Morgan fingerprint density at radius 1 is 0.833 bits per heavy atom. The van der Waals surface area contributed by atoms with Crippen molar-refractivity contribution in [2.45, 2.75) is 103 Å². The van der Waals surface area contributed by atoms with E-state index in [1.165, 1.54) is 0 Å². The van der Waals surface area contributed by atoms with Crippen LogP contribution in [0.15, 0.2) is 0 Å². The molecule has 6 aliphatic rings. The molecule has 4 bridgehead atoms. The Bertz CT molecular complexity index is 883. The van der Waals surface area contributed by atoms with Crippen LogP contribution in [0.1, 0.15) is 96.9 Å². The van der Waals surface area contributed by atoms with Gasteiger partial charge < -0.3 is 24.1 Å². The van der Waals surface area contributed by atoms with Gasteiger partial charge in [0.1, 0.15) is 0 Å². The van der Waals surface area contributed by atoms with Crippen LogP contribution in [0, 0.1) is 71.0 Å². The number of esters is 2. The van der Waals surface area contributed by atoms with Gasteiger partial charge in [0.2, 0.25) is 0 Å². The second-order valence-corrected chi connectivity index (χ2v) is 12.5. The molecule has 12 atom stereocenters. The molecule has 0 aromatic heterocycles. The van der Waals surface area contributed by atoms with E-state index in [1.54, 1.807) is 0 Å². The molecule has 0 amide bonds. The molecule has 2 saturated heterocycles. The van der Waals surface area contributed by atoms with E-state index in [1.807, 2.05) is 6.92 Å². The predicted molar refractivity (Wildman–Crippen MR) is 167 cm³/mol. The minimum atomic E-state index is -0.659. The summed E-state index contributed by atoms with van der Waals surface area (Å²) >= 11 is 0. The molecule has 0 radical (unpaired) electrons. The summed E-state index contributed by atoms with van der Waals surface area (Å²) in [4.78, 5) is 37.1. The summed E-state index contributed by atoms with van der Waals surface area (Å²) in [6, 6.07) is 0. The van der Waals surface area contributed by atoms with Gasteiger partial charge >= 0.3 is 17.9 Å². The number of carbonyl (C=O) groups excluding carboxylic acids is 2. The van der Waals surface area contributed by atoms with Crippen LogP contribution in [0.2, 0.25) is 0 Å². The molecular formula is C34H64O8. The van der Waals surface area contributed by atoms with Crippen molar-refractivity contribution in [3.8, 4) is 0 Å². The second-order valence-electron chi connectivity index (χ2n) is 12.5. The van der Waals surface area contributed by atoms with E-state index in [2.05, 4.69) is 6.92 Å². The minimum absolute atomic E-state index is 0. The third kappa shape index (κ3) is 6.76. The molecular weight excluding hydrogens is 536 g/mol. The average molecular weight is 601 g/mol. The summed E-state index contributed by atoms with van der Waals surface area (Å²) in [5, 5.41) is 9.76. The van der Waals surface area contributed by atoms with E-state index in [0.717, 1.165) is 51.7 Å². The predicted octanol–water partition coefficient (Wildman–Crippen LogP) is 7.19. The third-order valence-electron chi connectivity index (χ3n) is 11.0. The van der Waals surface area contributed by atoms with Gasteiger partial charge in [-0.3, -0.25) is 14.4 Å². The lowest BCUT2D eigenvalue weighted by molar-refractivity contribution is -0.186. The van der Waals surface area contributed by atoms with Crippen molar-refractivity contribution in [1.29, 1.82) is 0 Å². The molecule has 2 aliphatic heterocycles. The summed E-state index contributed by atoms with van der Waals surface area (Å²) in [7, 11) is 0. The zero-order valence-electron chi connectivity index (χ0n) is 21.4. The first-order valence-corrected chi connectivity index (χ1v) is 14.1. The van der Waals surface area contributed by atoms with Crippen molar-refractivity contribution >= 4 is 17.9 Å². The zero-order chi connectivity index (χ0) is 25.1. The standard InChI is InChI=1S/C28H40O8.6CH4/c1-13-18-9-16(11-20(18)26(29)30)22(13)25-19-10-15(24(25)23-14(2)27(31)36-28(23)32)8-17(19)12-33-7-4-21-34-5-3-6-35-21;;;;;;/h13-25H,3-12H2,1-2H3,(H,29,30);6*1H4. The minimum Gasteiger partial charge on any atom is -0.481 e. The van der Waals surface area contributed by atoms with Gasteiger partial charge in [0.25, 0.3) is 0 Å². The first-order valence-electron chi connectivity index (χ1n) is 14.1. The number of carboxylic acids is 1. The summed E-state index contributed by atoms with van der Waals surface area (Å²) in [5.41, 5.74) is 0. The Morgan fingerprint density at radius 3 is 2.02 bits per heavy atom. The number of hydrogen-bond acceptors (Lipinski definition) is 7. The quantitative estimate of drug-likeness (QED) is 0.177. The van der Waals surface area contributed by atoms with Crippen LogP contribution >= 0.6 is 0 Å². The highest BCUT2D eigenvalue weighted by atomic mass is 16.7. The summed E-state index contributed by atoms with van der Waals surface area (Å²) in [5.74, 6) is 0.736. The number of cyclic esters (lactones) is 2. The molecule has 0 aromatic carbocycles. The Labute approximate surface area is 257 Å². The van der Waals surface area contributed by atoms with E-state index < -0.39 is 11.9 Å². The van der Waals surface area contributed by atoms with Crippen molar-refractivity contribution in [2.24, 2.45) is 71.0 Å². The fraction of sp³-hybridized carbons (Fsp3) is 0.912. The third-order valence-corrected chi connectivity index (χ3v) is 11.0. The van der Waals surface area contributed by atoms with Crippen molar-refractivity contribution in [2.75, 3.05) is 26.4 Å². The largest absolute Gasteiger partial charge is 0.481 e. The molecule has 0 aromatic rings. The Kier molecular flexibility index (Phi) is 15.4. The monoisotopic (exact) mass is 600 g/mol. The van der Waals surface area contributed by atoms with Crippen molar-refractivity contribution in [3.63, 3.8) is 0 Å². The molecule has 4 aliphatic carbocycles. The van der Waals surface area contributed by atoms with E-state index in [-0.39, 0.29) is 86.5 Å². The number of carboxylic acid groups (broad SMARTS) is 1. The normalized spacial score (nSPS) is 41.3. The molecule has 4 saturated carbocycles. The smallest absolute Gasteiger partial charge is 0.317 e. The van der Waals surface area contributed by atoms with Crippen molar-refractivity contribution in [3.05, 3.63) is 0 Å². The van der Waals surface area contributed by atoms with Gasteiger partial charge in [-0.2, -0.15) is 0 Å². The van der Waals surface area contributed by atoms with Gasteiger partial charge in [0, 0.05) is 13.0 Å². The summed E-state index contributed by atoms with van der Waals surface area (Å²) < 4.78 is 22.5. The molecule has 8 nitrogen and oxygen atoms in total. The highest BCUT2D eigenvalue weighted by Crippen LogP contribution is 2.68. The van der Waals surface area contributed by atoms with Crippen LogP contribution in [0.4, 0.5) is 0 Å². The first kappa shape index (κ1) is 40.5. The Morgan fingerprint density at radius 2 is 1.45 bits per heavy atom. The van der Waals surface area contributed by atoms with Crippen molar-refractivity contribution < 1.29 is 38.4 Å². The number of hydrogen-bond donors (Lipinski definition) is 1. The van der Waals surface area contributed by atoms with Gasteiger partial charge in [-0.1, -0.05) is 58.4 Å². The molecule has 8 heteroatoms.